The van der Waals surface area contributed by atoms with Gasteiger partial charge in [0.25, 0.3) is 5.91 Å². The zero-order chi connectivity index (χ0) is 24.8. The summed E-state index contributed by atoms with van der Waals surface area (Å²) >= 11 is 5.87. The molecular weight excluding hydrogens is 468 g/mol. The van der Waals surface area contributed by atoms with Gasteiger partial charge < -0.3 is 14.8 Å². The molecule has 0 spiro atoms. The number of benzene rings is 3. The van der Waals surface area contributed by atoms with E-state index in [1.54, 1.807) is 49.4 Å². The fourth-order valence-electron chi connectivity index (χ4n) is 3.77. The first-order valence-electron chi connectivity index (χ1n) is 11.2. The summed E-state index contributed by atoms with van der Waals surface area (Å²) in [4.78, 5) is 39.7. The molecule has 0 saturated carbocycles. The highest BCUT2D eigenvalue weighted by atomic mass is 35.5. The Bertz CT molecular complexity index is 1210. The van der Waals surface area contributed by atoms with Crippen molar-refractivity contribution in [3.8, 4) is 11.5 Å². The number of rotatable bonds is 9. The molecule has 1 atom stereocenters. The number of hydrogen-bond acceptors (Lipinski definition) is 5. The van der Waals surface area contributed by atoms with Crippen molar-refractivity contribution in [3.63, 3.8) is 0 Å². The van der Waals surface area contributed by atoms with E-state index in [1.165, 1.54) is 4.90 Å². The van der Waals surface area contributed by atoms with E-state index in [4.69, 9.17) is 21.1 Å². The van der Waals surface area contributed by atoms with Gasteiger partial charge in [-0.15, -0.1) is 0 Å². The highest BCUT2D eigenvalue weighted by Crippen LogP contribution is 2.34. The van der Waals surface area contributed by atoms with Crippen molar-refractivity contribution in [3.05, 3.63) is 88.9 Å². The Hall–Kier alpha value is -3.84. The van der Waals surface area contributed by atoms with Crippen LogP contribution in [0.25, 0.3) is 0 Å². The maximum absolute atomic E-state index is 12.8. The lowest BCUT2D eigenvalue weighted by Crippen LogP contribution is -2.51. The predicted octanol–water partition coefficient (Wildman–Crippen LogP) is 4.07. The van der Waals surface area contributed by atoms with E-state index in [2.05, 4.69) is 5.32 Å². The van der Waals surface area contributed by atoms with Crippen LogP contribution < -0.4 is 19.7 Å². The predicted molar refractivity (Wildman–Crippen MR) is 133 cm³/mol. The van der Waals surface area contributed by atoms with Crippen molar-refractivity contribution in [2.45, 2.75) is 19.4 Å². The Morgan fingerprint density at radius 3 is 2.57 bits per heavy atom. The van der Waals surface area contributed by atoms with Crippen molar-refractivity contribution >= 4 is 34.9 Å². The van der Waals surface area contributed by atoms with E-state index in [1.807, 2.05) is 30.3 Å². The molecule has 0 bridgehead atoms. The minimum Gasteiger partial charge on any atom is -0.485 e. The Morgan fingerprint density at radius 2 is 1.83 bits per heavy atom. The molecule has 1 aliphatic rings. The van der Waals surface area contributed by atoms with Crippen LogP contribution in [-0.2, 0) is 16.0 Å². The summed E-state index contributed by atoms with van der Waals surface area (Å²) in [6.45, 7) is 1.73. The summed E-state index contributed by atoms with van der Waals surface area (Å²) < 4.78 is 11.1. The minimum absolute atomic E-state index is 0.179. The van der Waals surface area contributed by atoms with Crippen LogP contribution >= 0.6 is 11.6 Å². The number of nitrogens with zero attached hydrogens (tertiary/aromatic N) is 1. The lowest BCUT2D eigenvalue weighted by molar-refractivity contribution is -0.127. The number of Topliss-reactive ketones (excluding diaryl/α,β-unsaturated/α-hetero) is 1. The molecule has 35 heavy (non-hydrogen) atoms. The van der Waals surface area contributed by atoms with Crippen molar-refractivity contribution in [1.29, 1.82) is 0 Å². The Kier molecular flexibility index (Phi) is 7.67. The molecule has 0 saturated heterocycles. The number of anilines is 1. The zero-order valence-electron chi connectivity index (χ0n) is 19.2. The van der Waals surface area contributed by atoms with Crippen LogP contribution in [0.3, 0.4) is 0 Å². The van der Waals surface area contributed by atoms with Crippen LogP contribution in [-0.4, -0.2) is 43.4 Å². The largest absolute Gasteiger partial charge is 0.485 e. The molecular formula is C27H25ClN2O5. The first-order chi connectivity index (χ1) is 16.9. The molecule has 3 aromatic rings. The van der Waals surface area contributed by atoms with E-state index in [-0.39, 0.29) is 30.8 Å². The van der Waals surface area contributed by atoms with Gasteiger partial charge in [0, 0.05) is 17.1 Å². The molecule has 1 unspecified atom stereocenters. The SMILES string of the molecule is CC(C(=O)NCCc1ccccc1)N1C(=O)COc2ccc(C(=O)COc3ccc(Cl)cc3)cc21. The zero-order valence-corrected chi connectivity index (χ0v) is 20.0. The highest BCUT2D eigenvalue weighted by molar-refractivity contribution is 6.30. The third kappa shape index (κ3) is 6.00. The molecule has 0 aliphatic carbocycles. The maximum Gasteiger partial charge on any atom is 0.265 e. The summed E-state index contributed by atoms with van der Waals surface area (Å²) in [7, 11) is 0. The summed E-state index contributed by atoms with van der Waals surface area (Å²) in [5.41, 5.74) is 1.83. The number of fused-ring (bicyclic) bond motifs is 1. The van der Waals surface area contributed by atoms with Gasteiger partial charge in [-0.05, 0) is 61.4 Å². The summed E-state index contributed by atoms with van der Waals surface area (Å²) in [5, 5.41) is 3.46. The standard InChI is InChI=1S/C27H25ClN2O5/c1-18(27(33)29-14-13-19-5-3-2-4-6-19)30-23-15-20(7-12-25(23)35-17-26(30)32)24(31)16-34-22-10-8-21(28)9-11-22/h2-12,15,18H,13-14,16-17H2,1H3,(H,29,33). The number of nitrogens with one attached hydrogen (secondary N) is 1. The first kappa shape index (κ1) is 24.3. The number of carbonyl (C=O) groups is 3. The van der Waals surface area contributed by atoms with Crippen molar-refractivity contribution < 1.29 is 23.9 Å². The second-order valence-electron chi connectivity index (χ2n) is 8.10. The van der Waals surface area contributed by atoms with Gasteiger partial charge in [-0.25, -0.2) is 0 Å². The van der Waals surface area contributed by atoms with Crippen molar-refractivity contribution in [2.75, 3.05) is 24.7 Å². The van der Waals surface area contributed by atoms with E-state index in [0.717, 1.165) is 5.56 Å². The molecule has 2 amide bonds. The maximum atomic E-state index is 12.8. The van der Waals surface area contributed by atoms with Crippen molar-refractivity contribution in [2.24, 2.45) is 0 Å². The third-order valence-electron chi connectivity index (χ3n) is 5.67. The van der Waals surface area contributed by atoms with Gasteiger partial charge in [-0.3, -0.25) is 19.3 Å². The van der Waals surface area contributed by atoms with Crippen LogP contribution in [0.4, 0.5) is 5.69 Å². The van der Waals surface area contributed by atoms with Gasteiger partial charge in [0.15, 0.2) is 19.0 Å². The monoisotopic (exact) mass is 492 g/mol. The molecule has 180 valence electrons. The lowest BCUT2D eigenvalue weighted by Gasteiger charge is -2.33. The summed E-state index contributed by atoms with van der Waals surface area (Å²) in [5.74, 6) is 0.0289. The van der Waals surface area contributed by atoms with Gasteiger partial charge in [0.1, 0.15) is 17.5 Å². The quantitative estimate of drug-likeness (QED) is 0.455. The molecule has 0 fully saturated rings. The smallest absolute Gasteiger partial charge is 0.265 e. The Morgan fingerprint density at radius 1 is 1.09 bits per heavy atom. The average Bonchev–Trinajstić information content (AvgIpc) is 2.88. The molecule has 8 heteroatoms. The lowest BCUT2D eigenvalue weighted by atomic mass is 10.1. The molecule has 0 aromatic heterocycles. The number of amides is 2. The van der Waals surface area contributed by atoms with Crippen LogP contribution in [0.5, 0.6) is 11.5 Å². The fourth-order valence-corrected chi connectivity index (χ4v) is 3.90. The fraction of sp³-hybridized carbons (Fsp3) is 0.222. The molecule has 7 nitrogen and oxygen atoms in total. The average molecular weight is 493 g/mol. The third-order valence-corrected chi connectivity index (χ3v) is 5.92. The number of ketones is 1. The number of ether oxygens (including phenoxy) is 2. The summed E-state index contributed by atoms with van der Waals surface area (Å²) in [6.07, 6.45) is 0.680. The number of carbonyl (C=O) groups excluding carboxylic acids is 3. The topological polar surface area (TPSA) is 84.9 Å². The second kappa shape index (κ2) is 11.1. The summed E-state index contributed by atoms with van der Waals surface area (Å²) in [6, 6.07) is 20.5. The van der Waals surface area contributed by atoms with E-state index in [0.29, 0.717) is 40.7 Å². The van der Waals surface area contributed by atoms with E-state index < -0.39 is 6.04 Å². The number of hydrogen-bond donors (Lipinski definition) is 1. The molecule has 4 rings (SSSR count). The van der Waals surface area contributed by atoms with Gasteiger partial charge in [0.2, 0.25) is 5.91 Å². The molecule has 1 N–H and O–H groups in total. The second-order valence-corrected chi connectivity index (χ2v) is 8.54. The normalized spacial score (nSPS) is 13.4. The van der Waals surface area contributed by atoms with Gasteiger partial charge in [-0.1, -0.05) is 41.9 Å². The van der Waals surface area contributed by atoms with E-state index in [9.17, 15) is 14.4 Å². The van der Waals surface area contributed by atoms with Gasteiger partial charge >= 0.3 is 0 Å². The van der Waals surface area contributed by atoms with Gasteiger partial charge in [0.05, 0.1) is 5.69 Å². The van der Waals surface area contributed by atoms with Crippen LogP contribution in [0.15, 0.2) is 72.8 Å². The molecule has 1 aliphatic heterocycles. The Balaban J connectivity index is 1.44. The van der Waals surface area contributed by atoms with Crippen LogP contribution in [0, 0.1) is 0 Å². The van der Waals surface area contributed by atoms with Crippen LogP contribution in [0.1, 0.15) is 22.8 Å². The molecule has 3 aromatic carbocycles. The number of halogens is 1. The van der Waals surface area contributed by atoms with Gasteiger partial charge in [-0.2, -0.15) is 0 Å². The van der Waals surface area contributed by atoms with Crippen LogP contribution in [0.2, 0.25) is 5.02 Å². The highest BCUT2D eigenvalue weighted by Gasteiger charge is 2.33. The van der Waals surface area contributed by atoms with E-state index >= 15 is 0 Å². The minimum atomic E-state index is -0.781. The molecule has 0 radical (unpaired) electrons. The molecule has 1 heterocycles. The first-order valence-corrected chi connectivity index (χ1v) is 11.6. The Labute approximate surface area is 208 Å². The van der Waals surface area contributed by atoms with Crippen molar-refractivity contribution in [1.82, 2.24) is 5.32 Å².